The van der Waals surface area contributed by atoms with Gasteiger partial charge < -0.3 is 10.2 Å². The summed E-state index contributed by atoms with van der Waals surface area (Å²) in [4.78, 5) is 37.7. The van der Waals surface area contributed by atoms with Crippen LogP contribution in [0.15, 0.2) is 47.4 Å². The largest absolute Gasteiger partial charge is 0.325 e. The smallest absolute Gasteiger partial charge is 0.243 e. The molecule has 0 bridgehead atoms. The summed E-state index contributed by atoms with van der Waals surface area (Å²) in [5.41, 5.74) is 1.44. The fraction of sp³-hybridized carbons (Fsp3) is 0.318. The standard InChI is InChI=1S/C22H25N3O5S/c1-14(26)15-6-8-16(9-7-15)23-20(27)13-24(4)31(29,30)17-10-11-19-18(12-17)22(2,3)21(28)25(19)5/h6-12H,13H2,1-5H3,(H,23,27). The molecule has 164 valence electrons. The maximum Gasteiger partial charge on any atom is 0.243 e. The van der Waals surface area contributed by atoms with Crippen LogP contribution in [-0.4, -0.2) is 51.0 Å². The molecule has 1 aliphatic heterocycles. The van der Waals surface area contributed by atoms with Crippen LogP contribution in [0.1, 0.15) is 36.7 Å². The van der Waals surface area contributed by atoms with E-state index in [4.69, 9.17) is 0 Å². The van der Waals surface area contributed by atoms with Crippen molar-refractivity contribution in [3.8, 4) is 0 Å². The third-order valence-corrected chi connectivity index (χ3v) is 7.29. The number of fused-ring (bicyclic) bond motifs is 1. The highest BCUT2D eigenvalue weighted by Crippen LogP contribution is 2.41. The third-order valence-electron chi connectivity index (χ3n) is 5.49. The number of carbonyl (C=O) groups is 3. The molecule has 0 fully saturated rings. The van der Waals surface area contributed by atoms with Crippen LogP contribution in [0.5, 0.6) is 0 Å². The molecule has 2 aromatic rings. The molecule has 8 nitrogen and oxygen atoms in total. The van der Waals surface area contributed by atoms with E-state index >= 15 is 0 Å². The summed E-state index contributed by atoms with van der Waals surface area (Å²) in [7, 11) is -0.974. The molecule has 0 spiro atoms. The molecule has 1 aliphatic rings. The summed E-state index contributed by atoms with van der Waals surface area (Å²) >= 11 is 0. The van der Waals surface area contributed by atoms with Crippen molar-refractivity contribution >= 4 is 39.0 Å². The Morgan fingerprint density at radius 2 is 1.71 bits per heavy atom. The Kier molecular flexibility index (Phi) is 5.77. The molecular formula is C22H25N3O5S. The minimum atomic E-state index is -3.95. The molecule has 2 amide bonds. The fourth-order valence-electron chi connectivity index (χ4n) is 3.57. The maximum atomic E-state index is 13.0. The maximum absolute atomic E-state index is 13.0. The molecule has 3 rings (SSSR count). The number of nitrogens with zero attached hydrogens (tertiary/aromatic N) is 2. The second-order valence-electron chi connectivity index (χ2n) is 8.11. The summed E-state index contributed by atoms with van der Waals surface area (Å²) in [5, 5.41) is 2.62. The summed E-state index contributed by atoms with van der Waals surface area (Å²) in [6, 6.07) is 10.9. The number of Topliss-reactive ketones (excluding diaryl/α,β-unsaturated/α-hetero) is 1. The second-order valence-corrected chi connectivity index (χ2v) is 10.2. The number of nitrogens with one attached hydrogen (secondary N) is 1. The van der Waals surface area contributed by atoms with Gasteiger partial charge in [0.2, 0.25) is 21.8 Å². The molecule has 1 N–H and O–H groups in total. The number of anilines is 2. The third kappa shape index (κ3) is 4.11. The molecular weight excluding hydrogens is 418 g/mol. The summed E-state index contributed by atoms with van der Waals surface area (Å²) in [6.07, 6.45) is 0. The van der Waals surface area contributed by atoms with Gasteiger partial charge in [0.05, 0.1) is 16.9 Å². The van der Waals surface area contributed by atoms with Crippen LogP contribution in [0.3, 0.4) is 0 Å². The molecule has 0 unspecified atom stereocenters. The molecule has 31 heavy (non-hydrogen) atoms. The van der Waals surface area contributed by atoms with Gasteiger partial charge in [-0.3, -0.25) is 14.4 Å². The lowest BCUT2D eigenvalue weighted by Crippen LogP contribution is -2.35. The lowest BCUT2D eigenvalue weighted by atomic mass is 9.86. The van der Waals surface area contributed by atoms with E-state index in [-0.39, 0.29) is 16.6 Å². The Balaban J connectivity index is 1.77. The number of hydrogen-bond acceptors (Lipinski definition) is 5. The van der Waals surface area contributed by atoms with Crippen molar-refractivity contribution < 1.29 is 22.8 Å². The number of likely N-dealkylation sites (N-methyl/N-ethyl adjacent to an activating group) is 2. The Bertz CT molecular complexity index is 1170. The minimum absolute atomic E-state index is 0.0172. The van der Waals surface area contributed by atoms with E-state index in [2.05, 4.69) is 5.32 Å². The molecule has 0 saturated carbocycles. The van der Waals surface area contributed by atoms with E-state index in [0.717, 1.165) is 4.31 Å². The van der Waals surface area contributed by atoms with Gasteiger partial charge in [0.15, 0.2) is 5.78 Å². The molecule has 1 heterocycles. The van der Waals surface area contributed by atoms with E-state index < -0.39 is 27.9 Å². The summed E-state index contributed by atoms with van der Waals surface area (Å²) in [6.45, 7) is 4.56. The average molecular weight is 444 g/mol. The Morgan fingerprint density at radius 3 is 2.29 bits per heavy atom. The first-order valence-corrected chi connectivity index (χ1v) is 11.1. The van der Waals surface area contributed by atoms with Crippen LogP contribution in [0.25, 0.3) is 0 Å². The van der Waals surface area contributed by atoms with Crippen LogP contribution in [0, 0.1) is 0 Å². The van der Waals surface area contributed by atoms with E-state index in [1.165, 1.54) is 31.0 Å². The van der Waals surface area contributed by atoms with Crippen molar-refractivity contribution in [2.24, 2.45) is 0 Å². The number of amides is 2. The van der Waals surface area contributed by atoms with Crippen molar-refractivity contribution in [3.63, 3.8) is 0 Å². The van der Waals surface area contributed by atoms with E-state index in [9.17, 15) is 22.8 Å². The summed E-state index contributed by atoms with van der Waals surface area (Å²) in [5.74, 6) is -0.715. The van der Waals surface area contributed by atoms with Crippen molar-refractivity contribution in [1.29, 1.82) is 0 Å². The van der Waals surface area contributed by atoms with Crippen molar-refractivity contribution in [3.05, 3.63) is 53.6 Å². The van der Waals surface area contributed by atoms with Crippen LogP contribution in [0.4, 0.5) is 11.4 Å². The SMILES string of the molecule is CC(=O)c1ccc(NC(=O)CN(C)S(=O)(=O)c2ccc3c(c2)C(C)(C)C(=O)N3C)cc1. The molecule has 0 atom stereocenters. The first-order chi connectivity index (χ1) is 14.4. The average Bonchev–Trinajstić information content (AvgIpc) is 2.88. The first-order valence-electron chi connectivity index (χ1n) is 9.65. The number of rotatable bonds is 6. The van der Waals surface area contributed by atoms with Gasteiger partial charge in [-0.25, -0.2) is 8.42 Å². The highest BCUT2D eigenvalue weighted by Gasteiger charge is 2.43. The van der Waals surface area contributed by atoms with Gasteiger partial charge in [0, 0.05) is 31.0 Å². The van der Waals surface area contributed by atoms with Gasteiger partial charge in [-0.1, -0.05) is 0 Å². The number of hydrogen-bond donors (Lipinski definition) is 1. The molecule has 2 aromatic carbocycles. The van der Waals surface area contributed by atoms with Crippen LogP contribution in [-0.2, 0) is 25.0 Å². The van der Waals surface area contributed by atoms with E-state index in [1.807, 2.05) is 0 Å². The van der Waals surface area contributed by atoms with Crippen molar-refractivity contribution in [2.45, 2.75) is 31.1 Å². The quantitative estimate of drug-likeness (QED) is 0.691. The highest BCUT2D eigenvalue weighted by molar-refractivity contribution is 7.89. The Morgan fingerprint density at radius 1 is 1.10 bits per heavy atom. The van der Waals surface area contributed by atoms with Crippen LogP contribution >= 0.6 is 0 Å². The predicted octanol–water partition coefficient (Wildman–Crippen LogP) is 2.40. The molecule has 9 heteroatoms. The van der Waals surface area contributed by atoms with Gasteiger partial charge >= 0.3 is 0 Å². The number of sulfonamides is 1. The van der Waals surface area contributed by atoms with Gasteiger partial charge in [0.1, 0.15) is 0 Å². The van der Waals surface area contributed by atoms with E-state index in [1.54, 1.807) is 51.2 Å². The van der Waals surface area contributed by atoms with Gasteiger partial charge in [-0.05, 0) is 68.8 Å². The highest BCUT2D eigenvalue weighted by atomic mass is 32.2. The minimum Gasteiger partial charge on any atom is -0.325 e. The zero-order valence-electron chi connectivity index (χ0n) is 18.1. The van der Waals surface area contributed by atoms with Crippen molar-refractivity contribution in [2.75, 3.05) is 30.9 Å². The van der Waals surface area contributed by atoms with Crippen LogP contribution in [0.2, 0.25) is 0 Å². The lowest BCUT2D eigenvalue weighted by Gasteiger charge is -2.19. The Labute approximate surface area is 181 Å². The predicted molar refractivity (Wildman–Crippen MR) is 118 cm³/mol. The second kappa shape index (κ2) is 7.90. The van der Waals surface area contributed by atoms with Gasteiger partial charge in [0.25, 0.3) is 0 Å². The zero-order chi connectivity index (χ0) is 23.1. The molecule has 0 aromatic heterocycles. The number of benzene rings is 2. The van der Waals surface area contributed by atoms with Gasteiger partial charge in [-0.2, -0.15) is 4.31 Å². The monoisotopic (exact) mass is 443 g/mol. The molecule has 0 radical (unpaired) electrons. The fourth-order valence-corrected chi connectivity index (χ4v) is 4.72. The number of carbonyl (C=O) groups excluding carboxylic acids is 3. The number of ketones is 1. The Hall–Kier alpha value is -3.04. The van der Waals surface area contributed by atoms with Crippen molar-refractivity contribution in [1.82, 2.24) is 4.31 Å². The normalized spacial score (nSPS) is 15.2. The summed E-state index contributed by atoms with van der Waals surface area (Å²) < 4.78 is 27.0. The molecule has 0 aliphatic carbocycles. The molecule has 0 saturated heterocycles. The topological polar surface area (TPSA) is 104 Å². The van der Waals surface area contributed by atoms with Gasteiger partial charge in [-0.15, -0.1) is 0 Å². The van der Waals surface area contributed by atoms with E-state index in [0.29, 0.717) is 22.5 Å². The van der Waals surface area contributed by atoms with Crippen LogP contribution < -0.4 is 10.2 Å². The first kappa shape index (κ1) is 22.6. The lowest BCUT2D eigenvalue weighted by molar-refractivity contribution is -0.121. The zero-order valence-corrected chi connectivity index (χ0v) is 18.9.